The zero-order valence-electron chi connectivity index (χ0n) is 24.2. The van der Waals surface area contributed by atoms with Gasteiger partial charge in [-0.05, 0) is 143 Å². The van der Waals surface area contributed by atoms with E-state index in [0.717, 1.165) is 41.7 Å². The van der Waals surface area contributed by atoms with E-state index in [1.165, 1.54) is 57.8 Å². The molecular weight excluding hydrogens is 461 g/mol. The van der Waals surface area contributed by atoms with Crippen LogP contribution in [-0.2, 0) is 8.85 Å². The van der Waals surface area contributed by atoms with Gasteiger partial charge in [-0.2, -0.15) is 0 Å². The standard InChI is InChI=1S/C31H56O2Si2/c1-10-20-34(6,7)32-23(3)27-14-15-28-26-13-12-24-22-25(33-35(8,9)21-11-2)16-18-30(24,4)29(26)17-19-31(27,28)5/h10-11,23-29H,1-2,12-22H2,3-9H3/t23-,24-,25-,26+,27-,28+,29+,30+,31-/m1/s1. The van der Waals surface area contributed by atoms with Crippen molar-refractivity contribution in [2.75, 3.05) is 0 Å². The van der Waals surface area contributed by atoms with E-state index in [1.54, 1.807) is 0 Å². The van der Waals surface area contributed by atoms with Crippen molar-refractivity contribution in [3.8, 4) is 0 Å². The number of rotatable bonds is 9. The SMILES string of the molecule is C=CC[Si](C)(C)O[C@@H]1CC[C@@]2(C)[C@H](CC[C@@H]3[C@@H]2CC[C@]2(C)[C@@H]([C@@H](C)O[Si](C)(C)CC=C)CC[C@@H]32)C1. The second kappa shape index (κ2) is 10.2. The number of allylic oxidation sites excluding steroid dienone is 2. The van der Waals surface area contributed by atoms with Gasteiger partial charge in [-0.1, -0.05) is 26.0 Å². The zero-order valence-corrected chi connectivity index (χ0v) is 26.2. The van der Waals surface area contributed by atoms with Gasteiger partial charge in [-0.25, -0.2) is 0 Å². The van der Waals surface area contributed by atoms with Crippen LogP contribution in [0.3, 0.4) is 0 Å². The molecule has 0 radical (unpaired) electrons. The minimum absolute atomic E-state index is 0.394. The fourth-order valence-corrected chi connectivity index (χ4v) is 13.8. The lowest BCUT2D eigenvalue weighted by Crippen LogP contribution is -2.55. The highest BCUT2D eigenvalue weighted by Gasteiger charge is 2.61. The second-order valence-corrected chi connectivity index (χ2v) is 23.1. The fraction of sp³-hybridized carbons (Fsp3) is 0.871. The first-order valence-corrected chi connectivity index (χ1v) is 21.2. The summed E-state index contributed by atoms with van der Waals surface area (Å²) in [6.07, 6.45) is 17.6. The summed E-state index contributed by atoms with van der Waals surface area (Å²) in [6, 6.07) is 2.14. The lowest BCUT2D eigenvalue weighted by molar-refractivity contribution is -0.129. The lowest BCUT2D eigenvalue weighted by atomic mass is 9.44. The summed E-state index contributed by atoms with van der Waals surface area (Å²) in [5.74, 6) is 4.38. The van der Waals surface area contributed by atoms with Crippen LogP contribution < -0.4 is 0 Å². The minimum atomic E-state index is -1.65. The van der Waals surface area contributed by atoms with Gasteiger partial charge in [0.25, 0.3) is 0 Å². The molecule has 0 aromatic heterocycles. The van der Waals surface area contributed by atoms with Crippen LogP contribution in [0.4, 0.5) is 0 Å². The van der Waals surface area contributed by atoms with Crippen molar-refractivity contribution < 1.29 is 8.85 Å². The van der Waals surface area contributed by atoms with Crippen molar-refractivity contribution in [3.05, 3.63) is 25.3 Å². The third kappa shape index (κ3) is 5.38. The summed E-state index contributed by atoms with van der Waals surface area (Å²) in [4.78, 5) is 0. The molecule has 2 nitrogen and oxygen atoms in total. The van der Waals surface area contributed by atoms with E-state index in [0.29, 0.717) is 23.0 Å². The molecule has 0 N–H and O–H groups in total. The van der Waals surface area contributed by atoms with Crippen molar-refractivity contribution in [1.82, 2.24) is 0 Å². The molecule has 4 fully saturated rings. The Bertz CT molecular complexity index is 778. The van der Waals surface area contributed by atoms with Crippen LogP contribution in [0.25, 0.3) is 0 Å². The number of hydrogen-bond donors (Lipinski definition) is 0. The molecule has 4 aliphatic carbocycles. The maximum Gasteiger partial charge on any atom is 0.190 e. The molecule has 4 saturated carbocycles. The van der Waals surface area contributed by atoms with Gasteiger partial charge in [0.1, 0.15) is 0 Å². The fourth-order valence-electron chi connectivity index (χ4n) is 9.97. The summed E-state index contributed by atoms with van der Waals surface area (Å²) in [5, 5.41) is 0. The molecular formula is C31H56O2Si2. The van der Waals surface area contributed by atoms with E-state index in [-0.39, 0.29) is 0 Å². The highest BCUT2D eigenvalue weighted by molar-refractivity contribution is 6.72. The van der Waals surface area contributed by atoms with Crippen molar-refractivity contribution in [2.45, 2.75) is 129 Å². The normalized spacial score (nSPS) is 42.5. The van der Waals surface area contributed by atoms with Gasteiger partial charge in [0.15, 0.2) is 16.6 Å². The highest BCUT2D eigenvalue weighted by atomic mass is 28.4. The van der Waals surface area contributed by atoms with Gasteiger partial charge in [0.05, 0.1) is 0 Å². The largest absolute Gasteiger partial charge is 0.414 e. The van der Waals surface area contributed by atoms with Crippen LogP contribution in [0.15, 0.2) is 25.3 Å². The van der Waals surface area contributed by atoms with Crippen LogP contribution in [0.2, 0.25) is 38.3 Å². The summed E-state index contributed by atoms with van der Waals surface area (Å²) in [6.45, 7) is 25.2. The Labute approximate surface area is 220 Å². The van der Waals surface area contributed by atoms with Crippen molar-refractivity contribution in [3.63, 3.8) is 0 Å². The molecule has 4 heteroatoms. The third-order valence-electron chi connectivity index (χ3n) is 11.5. The van der Waals surface area contributed by atoms with Crippen LogP contribution in [0.1, 0.15) is 78.6 Å². The van der Waals surface area contributed by atoms with Crippen molar-refractivity contribution in [1.29, 1.82) is 0 Å². The van der Waals surface area contributed by atoms with Crippen LogP contribution in [0, 0.1) is 40.4 Å². The van der Waals surface area contributed by atoms with Crippen LogP contribution >= 0.6 is 0 Å². The smallest absolute Gasteiger partial charge is 0.190 e. The molecule has 0 spiro atoms. The average Bonchev–Trinajstić information content (AvgIpc) is 3.10. The molecule has 9 atom stereocenters. The Hall–Kier alpha value is -0.166. The van der Waals surface area contributed by atoms with E-state index < -0.39 is 16.6 Å². The number of hydrogen-bond acceptors (Lipinski definition) is 2. The van der Waals surface area contributed by atoms with Crippen LogP contribution in [0.5, 0.6) is 0 Å². The molecule has 0 saturated heterocycles. The predicted molar refractivity (Wildman–Crippen MR) is 156 cm³/mol. The van der Waals surface area contributed by atoms with E-state index in [4.69, 9.17) is 8.85 Å². The lowest BCUT2D eigenvalue weighted by Gasteiger charge is -2.61. The summed E-state index contributed by atoms with van der Waals surface area (Å²) in [7, 11) is -3.26. The monoisotopic (exact) mass is 516 g/mol. The van der Waals surface area contributed by atoms with E-state index in [1.807, 2.05) is 0 Å². The molecule has 4 rings (SSSR count). The molecule has 0 bridgehead atoms. The van der Waals surface area contributed by atoms with E-state index in [9.17, 15) is 0 Å². The molecule has 35 heavy (non-hydrogen) atoms. The van der Waals surface area contributed by atoms with Gasteiger partial charge in [0.2, 0.25) is 0 Å². The van der Waals surface area contributed by atoms with Gasteiger partial charge in [-0.3, -0.25) is 0 Å². The number of fused-ring (bicyclic) bond motifs is 5. The Kier molecular flexibility index (Phi) is 8.11. The van der Waals surface area contributed by atoms with Gasteiger partial charge < -0.3 is 8.85 Å². The maximum atomic E-state index is 6.84. The average molecular weight is 517 g/mol. The highest BCUT2D eigenvalue weighted by Crippen LogP contribution is 2.68. The van der Waals surface area contributed by atoms with E-state index >= 15 is 0 Å². The van der Waals surface area contributed by atoms with E-state index in [2.05, 4.69) is 72.3 Å². The quantitative estimate of drug-likeness (QED) is 0.224. The van der Waals surface area contributed by atoms with Crippen molar-refractivity contribution >= 4 is 16.6 Å². The van der Waals surface area contributed by atoms with Crippen molar-refractivity contribution in [2.24, 2.45) is 40.4 Å². The predicted octanol–water partition coefficient (Wildman–Crippen LogP) is 9.22. The summed E-state index contributed by atoms with van der Waals surface area (Å²) < 4.78 is 13.6. The first-order chi connectivity index (χ1) is 16.4. The Morgan fingerprint density at radius 3 is 2.14 bits per heavy atom. The summed E-state index contributed by atoms with van der Waals surface area (Å²) in [5.41, 5.74) is 1.01. The second-order valence-electron chi connectivity index (χ2n) is 14.7. The van der Waals surface area contributed by atoms with Gasteiger partial charge in [0, 0.05) is 12.2 Å². The summed E-state index contributed by atoms with van der Waals surface area (Å²) >= 11 is 0. The van der Waals surface area contributed by atoms with Gasteiger partial charge in [-0.15, -0.1) is 13.2 Å². The Morgan fingerprint density at radius 2 is 1.46 bits per heavy atom. The minimum Gasteiger partial charge on any atom is -0.414 e. The topological polar surface area (TPSA) is 18.5 Å². The Morgan fingerprint density at radius 1 is 0.829 bits per heavy atom. The maximum absolute atomic E-state index is 6.84. The molecule has 0 aromatic carbocycles. The molecule has 0 aliphatic heterocycles. The molecule has 0 unspecified atom stereocenters. The molecule has 4 aliphatic rings. The molecule has 0 heterocycles. The first kappa shape index (κ1) is 27.9. The molecule has 200 valence electrons. The van der Waals surface area contributed by atoms with Gasteiger partial charge >= 0.3 is 0 Å². The zero-order chi connectivity index (χ0) is 25.6. The molecule has 0 amide bonds. The van der Waals surface area contributed by atoms with Crippen LogP contribution in [-0.4, -0.2) is 28.8 Å². The third-order valence-corrected chi connectivity index (χ3v) is 16.0. The first-order valence-electron chi connectivity index (χ1n) is 14.9. The Balaban J connectivity index is 1.44. The molecule has 0 aromatic rings.